The molecule has 0 aliphatic carbocycles. The lowest BCUT2D eigenvalue weighted by Gasteiger charge is -2.25. The van der Waals surface area contributed by atoms with Crippen LogP contribution in [0.4, 0.5) is 0 Å². The lowest BCUT2D eigenvalue weighted by atomic mass is 10.1. The summed E-state index contributed by atoms with van der Waals surface area (Å²) in [7, 11) is -1.70. The molecule has 0 amide bonds. The van der Waals surface area contributed by atoms with Gasteiger partial charge < -0.3 is 9.73 Å². The summed E-state index contributed by atoms with van der Waals surface area (Å²) in [4.78, 5) is 0.233. The van der Waals surface area contributed by atoms with Gasteiger partial charge in [-0.05, 0) is 42.7 Å². The summed E-state index contributed by atoms with van der Waals surface area (Å²) in [5.41, 5.74) is 0. The number of hydrogen-bond acceptors (Lipinski definition) is 4. The Kier molecular flexibility index (Phi) is 5.28. The number of furan rings is 1. The molecule has 2 rings (SSSR count). The molecule has 1 fully saturated rings. The van der Waals surface area contributed by atoms with Gasteiger partial charge in [0.1, 0.15) is 10.7 Å². The topological polar surface area (TPSA) is 62.6 Å². The van der Waals surface area contributed by atoms with Gasteiger partial charge in [0.05, 0.1) is 6.54 Å². The third-order valence-electron chi connectivity index (χ3n) is 3.64. The highest BCUT2D eigenvalue weighted by Crippen LogP contribution is 2.31. The molecule has 1 aromatic heterocycles. The number of sulfonamides is 1. The van der Waals surface area contributed by atoms with Crippen LogP contribution in [0.1, 0.15) is 38.4 Å². The Morgan fingerprint density at radius 2 is 2.20 bits per heavy atom. The maximum absolute atomic E-state index is 12.8. The summed E-state index contributed by atoms with van der Waals surface area (Å²) in [5, 5.41) is 2.95. The second-order valence-corrected chi connectivity index (χ2v) is 7.77. The van der Waals surface area contributed by atoms with E-state index in [2.05, 4.69) is 21.2 Å². The molecule has 1 aliphatic heterocycles. The Hall–Kier alpha value is -0.370. The van der Waals surface area contributed by atoms with Crippen LogP contribution >= 0.6 is 15.9 Å². The zero-order valence-electron chi connectivity index (χ0n) is 11.9. The molecule has 0 spiro atoms. The van der Waals surface area contributed by atoms with E-state index in [1.165, 1.54) is 0 Å². The van der Waals surface area contributed by atoms with Gasteiger partial charge in [-0.1, -0.05) is 12.8 Å². The van der Waals surface area contributed by atoms with Crippen molar-refractivity contribution in [3.05, 3.63) is 16.5 Å². The van der Waals surface area contributed by atoms with Crippen LogP contribution in [0.15, 0.2) is 20.0 Å². The fraction of sp³-hybridized carbons (Fsp3) is 0.692. The standard InChI is InChI=1S/C13H21BrN2O3S/c1-10-6-4-3-5-7-16(10)20(17,18)12-8-11(9-15-2)19-13(12)14/h8,10,15H,3-7,9H2,1-2H3. The Morgan fingerprint density at radius 1 is 1.45 bits per heavy atom. The van der Waals surface area contributed by atoms with Crippen molar-refractivity contribution in [3.63, 3.8) is 0 Å². The highest BCUT2D eigenvalue weighted by molar-refractivity contribution is 9.10. The van der Waals surface area contributed by atoms with E-state index in [0.29, 0.717) is 23.5 Å². The lowest BCUT2D eigenvalue weighted by Crippen LogP contribution is -2.38. The molecule has 1 aromatic rings. The number of hydrogen-bond donors (Lipinski definition) is 1. The molecule has 1 saturated heterocycles. The maximum atomic E-state index is 12.8. The summed E-state index contributed by atoms with van der Waals surface area (Å²) in [6, 6.07) is 1.64. The van der Waals surface area contributed by atoms with E-state index in [9.17, 15) is 8.42 Å². The van der Waals surface area contributed by atoms with Crippen LogP contribution in [0.25, 0.3) is 0 Å². The first-order valence-electron chi connectivity index (χ1n) is 6.91. The molecular weight excluding hydrogens is 344 g/mol. The second-order valence-electron chi connectivity index (χ2n) is 5.20. The SMILES string of the molecule is CNCc1cc(S(=O)(=O)N2CCCCCC2C)c(Br)o1. The number of rotatable bonds is 4. The number of nitrogens with zero attached hydrogens (tertiary/aromatic N) is 1. The molecule has 5 nitrogen and oxygen atoms in total. The molecule has 2 heterocycles. The fourth-order valence-electron chi connectivity index (χ4n) is 2.57. The predicted molar refractivity (Wildman–Crippen MR) is 81.0 cm³/mol. The van der Waals surface area contributed by atoms with Gasteiger partial charge in [-0.15, -0.1) is 0 Å². The molecule has 0 saturated carbocycles. The molecule has 0 bridgehead atoms. The average molecular weight is 365 g/mol. The summed E-state index contributed by atoms with van der Waals surface area (Å²) >= 11 is 3.23. The van der Waals surface area contributed by atoms with Crippen molar-refractivity contribution in [3.8, 4) is 0 Å². The summed E-state index contributed by atoms with van der Waals surface area (Å²) in [6.45, 7) is 3.07. The zero-order valence-corrected chi connectivity index (χ0v) is 14.3. The average Bonchev–Trinajstić information content (AvgIpc) is 2.61. The van der Waals surface area contributed by atoms with Crippen LogP contribution in [0.2, 0.25) is 0 Å². The minimum atomic E-state index is -3.50. The first kappa shape index (κ1) is 16.0. The molecule has 20 heavy (non-hydrogen) atoms. The number of halogens is 1. The van der Waals surface area contributed by atoms with E-state index in [1.54, 1.807) is 17.4 Å². The Balaban J connectivity index is 2.33. The molecule has 1 atom stereocenters. The zero-order chi connectivity index (χ0) is 14.8. The molecule has 1 N–H and O–H groups in total. The molecule has 1 unspecified atom stereocenters. The first-order valence-corrected chi connectivity index (χ1v) is 9.14. The minimum Gasteiger partial charge on any atom is -0.452 e. The van der Waals surface area contributed by atoms with Crippen LogP contribution in [0.5, 0.6) is 0 Å². The lowest BCUT2D eigenvalue weighted by molar-refractivity contribution is 0.341. The van der Waals surface area contributed by atoms with Gasteiger partial charge in [0.25, 0.3) is 0 Å². The van der Waals surface area contributed by atoms with Crippen LogP contribution < -0.4 is 5.32 Å². The van der Waals surface area contributed by atoms with E-state index in [-0.39, 0.29) is 10.9 Å². The van der Waals surface area contributed by atoms with E-state index in [4.69, 9.17) is 4.42 Å². The molecule has 0 aromatic carbocycles. The molecule has 0 radical (unpaired) electrons. The van der Waals surface area contributed by atoms with Gasteiger partial charge in [-0.2, -0.15) is 4.31 Å². The summed E-state index contributed by atoms with van der Waals surface area (Å²) < 4.78 is 33.0. The molecule has 114 valence electrons. The monoisotopic (exact) mass is 364 g/mol. The van der Waals surface area contributed by atoms with Gasteiger partial charge >= 0.3 is 0 Å². The fourth-order valence-corrected chi connectivity index (χ4v) is 5.23. The van der Waals surface area contributed by atoms with Crippen molar-refractivity contribution in [2.45, 2.75) is 50.1 Å². The Bertz CT molecular complexity index is 556. The van der Waals surface area contributed by atoms with E-state index >= 15 is 0 Å². The predicted octanol–water partition coefficient (Wildman–Crippen LogP) is 2.71. The van der Waals surface area contributed by atoms with Crippen molar-refractivity contribution in [1.29, 1.82) is 0 Å². The summed E-state index contributed by atoms with van der Waals surface area (Å²) in [6.07, 6.45) is 4.01. The van der Waals surface area contributed by atoms with Crippen molar-refractivity contribution in [1.82, 2.24) is 9.62 Å². The van der Waals surface area contributed by atoms with Crippen molar-refractivity contribution in [2.24, 2.45) is 0 Å². The van der Waals surface area contributed by atoms with Gasteiger partial charge in [0.15, 0.2) is 4.67 Å². The van der Waals surface area contributed by atoms with E-state index < -0.39 is 10.0 Å². The van der Waals surface area contributed by atoms with Crippen LogP contribution in [-0.2, 0) is 16.6 Å². The third-order valence-corrected chi connectivity index (χ3v) is 6.51. The van der Waals surface area contributed by atoms with Gasteiger partial charge in [-0.25, -0.2) is 8.42 Å². The van der Waals surface area contributed by atoms with Gasteiger partial charge in [0, 0.05) is 18.7 Å². The molecule has 1 aliphatic rings. The molecule has 7 heteroatoms. The largest absolute Gasteiger partial charge is 0.452 e. The van der Waals surface area contributed by atoms with Gasteiger partial charge in [0.2, 0.25) is 10.0 Å². The summed E-state index contributed by atoms with van der Waals surface area (Å²) in [5.74, 6) is 0.612. The van der Waals surface area contributed by atoms with Gasteiger partial charge in [-0.3, -0.25) is 0 Å². The Morgan fingerprint density at radius 3 is 2.90 bits per heavy atom. The first-order chi connectivity index (χ1) is 9.46. The van der Waals surface area contributed by atoms with Crippen LogP contribution in [-0.4, -0.2) is 32.4 Å². The molecular formula is C13H21BrN2O3S. The van der Waals surface area contributed by atoms with Crippen LogP contribution in [0, 0.1) is 0 Å². The highest BCUT2D eigenvalue weighted by atomic mass is 79.9. The number of nitrogens with one attached hydrogen (secondary N) is 1. The Labute approximate surface area is 128 Å². The normalized spacial score (nSPS) is 21.9. The van der Waals surface area contributed by atoms with Crippen molar-refractivity contribution in [2.75, 3.05) is 13.6 Å². The maximum Gasteiger partial charge on any atom is 0.247 e. The third kappa shape index (κ3) is 3.27. The smallest absolute Gasteiger partial charge is 0.247 e. The minimum absolute atomic E-state index is 0.0389. The van der Waals surface area contributed by atoms with E-state index in [0.717, 1.165) is 25.7 Å². The van der Waals surface area contributed by atoms with Crippen LogP contribution in [0.3, 0.4) is 0 Å². The van der Waals surface area contributed by atoms with Crippen molar-refractivity contribution < 1.29 is 12.8 Å². The second kappa shape index (κ2) is 6.60. The quantitative estimate of drug-likeness (QED) is 0.891. The van der Waals surface area contributed by atoms with Crippen molar-refractivity contribution >= 4 is 26.0 Å². The highest BCUT2D eigenvalue weighted by Gasteiger charge is 2.33. The van der Waals surface area contributed by atoms with E-state index in [1.807, 2.05) is 6.92 Å².